The molecular formula is C14H7BrClIN2O2. The van der Waals surface area contributed by atoms with Gasteiger partial charge in [-0.25, -0.2) is 4.99 Å². The van der Waals surface area contributed by atoms with Crippen LogP contribution in [-0.4, -0.2) is 11.7 Å². The fourth-order valence-corrected chi connectivity index (χ4v) is 2.83. The quantitative estimate of drug-likeness (QED) is 0.520. The number of halogens is 3. The van der Waals surface area contributed by atoms with E-state index >= 15 is 0 Å². The van der Waals surface area contributed by atoms with E-state index in [0.717, 1.165) is 3.57 Å². The molecule has 21 heavy (non-hydrogen) atoms. The molecule has 1 amide bonds. The molecule has 1 aliphatic rings. The third-order valence-corrected chi connectivity index (χ3v) is 4.18. The molecule has 0 saturated carbocycles. The summed E-state index contributed by atoms with van der Waals surface area (Å²) in [4.78, 5) is 16.3. The van der Waals surface area contributed by atoms with Crippen LogP contribution in [0.2, 0.25) is 5.02 Å². The molecule has 0 bridgehead atoms. The molecule has 1 N–H and O–H groups in total. The van der Waals surface area contributed by atoms with Crippen molar-refractivity contribution in [1.29, 1.82) is 0 Å². The normalized spacial score (nSPS) is 16.2. The second kappa shape index (κ2) is 5.94. The van der Waals surface area contributed by atoms with Gasteiger partial charge >= 0.3 is 0 Å². The van der Waals surface area contributed by atoms with Gasteiger partial charge in [0.15, 0.2) is 4.67 Å². The Morgan fingerprint density at radius 1 is 1.33 bits per heavy atom. The average Bonchev–Trinajstić information content (AvgIpc) is 3.00. The van der Waals surface area contributed by atoms with E-state index in [2.05, 4.69) is 48.8 Å². The SMILES string of the molecule is O=C1NC(c2cc(I)ccc2Cl)=NC1=Cc1ccc(Br)o1. The maximum atomic E-state index is 12.0. The number of nitrogens with one attached hydrogen (secondary N) is 1. The average molecular weight is 477 g/mol. The van der Waals surface area contributed by atoms with E-state index in [1.165, 1.54) is 0 Å². The van der Waals surface area contributed by atoms with E-state index in [1.807, 2.05) is 12.1 Å². The summed E-state index contributed by atoms with van der Waals surface area (Å²) in [7, 11) is 0. The first-order valence-corrected chi connectivity index (χ1v) is 8.10. The number of amidine groups is 1. The van der Waals surface area contributed by atoms with E-state index in [-0.39, 0.29) is 11.6 Å². The Morgan fingerprint density at radius 3 is 2.86 bits per heavy atom. The van der Waals surface area contributed by atoms with Gasteiger partial charge < -0.3 is 9.73 Å². The molecule has 106 valence electrons. The van der Waals surface area contributed by atoms with E-state index in [4.69, 9.17) is 16.0 Å². The van der Waals surface area contributed by atoms with Crippen LogP contribution in [0.5, 0.6) is 0 Å². The van der Waals surface area contributed by atoms with Gasteiger partial charge in [0.1, 0.15) is 17.3 Å². The van der Waals surface area contributed by atoms with Crippen molar-refractivity contribution in [2.75, 3.05) is 0 Å². The first-order chi connectivity index (χ1) is 10.0. The zero-order valence-corrected chi connectivity index (χ0v) is 14.9. The molecule has 2 aromatic rings. The van der Waals surface area contributed by atoms with Crippen molar-refractivity contribution in [3.8, 4) is 0 Å². The molecule has 1 aromatic heterocycles. The van der Waals surface area contributed by atoms with Crippen molar-refractivity contribution >= 4 is 67.9 Å². The maximum Gasteiger partial charge on any atom is 0.275 e. The van der Waals surface area contributed by atoms with Gasteiger partial charge in [-0.3, -0.25) is 4.79 Å². The van der Waals surface area contributed by atoms with Crippen LogP contribution in [0.3, 0.4) is 0 Å². The smallest absolute Gasteiger partial charge is 0.275 e. The van der Waals surface area contributed by atoms with Gasteiger partial charge in [-0.2, -0.15) is 0 Å². The van der Waals surface area contributed by atoms with Crippen LogP contribution in [0.1, 0.15) is 11.3 Å². The molecule has 0 spiro atoms. The molecule has 0 atom stereocenters. The van der Waals surface area contributed by atoms with E-state index in [9.17, 15) is 4.79 Å². The van der Waals surface area contributed by atoms with E-state index < -0.39 is 0 Å². The molecule has 0 aliphatic carbocycles. The highest BCUT2D eigenvalue weighted by molar-refractivity contribution is 14.1. The predicted octanol–water partition coefficient (Wildman–Crippen LogP) is 4.22. The summed E-state index contributed by atoms with van der Waals surface area (Å²) in [5, 5.41) is 3.26. The van der Waals surface area contributed by atoms with E-state index in [1.54, 1.807) is 24.3 Å². The van der Waals surface area contributed by atoms with Crippen molar-refractivity contribution in [2.45, 2.75) is 0 Å². The standard InChI is InChI=1S/C14H7BrClIN2O2/c15-12-4-2-8(21-12)6-11-14(20)19-13(18-11)9-5-7(17)1-3-10(9)16/h1-6H,(H,18,19,20). The fraction of sp³-hybridized carbons (Fsp3) is 0. The van der Waals surface area contributed by atoms with Crippen LogP contribution in [0.4, 0.5) is 0 Å². The van der Waals surface area contributed by atoms with Crippen LogP contribution >= 0.6 is 50.1 Å². The molecule has 0 saturated heterocycles. The molecule has 3 rings (SSSR count). The van der Waals surface area contributed by atoms with Crippen LogP contribution < -0.4 is 5.32 Å². The summed E-state index contributed by atoms with van der Waals surface area (Å²) in [5.74, 6) is 0.707. The lowest BCUT2D eigenvalue weighted by molar-refractivity contribution is -0.115. The molecule has 1 aliphatic heterocycles. The minimum Gasteiger partial charge on any atom is -0.450 e. The van der Waals surface area contributed by atoms with Crippen LogP contribution in [0.25, 0.3) is 6.08 Å². The van der Waals surface area contributed by atoms with Gasteiger partial charge in [-0.05, 0) is 68.9 Å². The summed E-state index contributed by atoms with van der Waals surface area (Å²) >= 11 is 11.5. The highest BCUT2D eigenvalue weighted by atomic mass is 127. The topological polar surface area (TPSA) is 54.6 Å². The number of benzene rings is 1. The second-order valence-electron chi connectivity index (χ2n) is 4.21. The van der Waals surface area contributed by atoms with Gasteiger partial charge in [0.25, 0.3) is 5.91 Å². The number of rotatable bonds is 2. The third-order valence-electron chi connectivity index (χ3n) is 2.75. The van der Waals surface area contributed by atoms with Gasteiger partial charge in [0, 0.05) is 15.2 Å². The molecule has 7 heteroatoms. The predicted molar refractivity (Wildman–Crippen MR) is 93.2 cm³/mol. The first kappa shape index (κ1) is 14.8. The second-order valence-corrected chi connectivity index (χ2v) is 6.64. The van der Waals surface area contributed by atoms with Crippen molar-refractivity contribution in [3.05, 3.63) is 60.6 Å². The Morgan fingerprint density at radius 2 is 2.14 bits per heavy atom. The maximum absolute atomic E-state index is 12.0. The van der Waals surface area contributed by atoms with Crippen LogP contribution in [-0.2, 0) is 4.79 Å². The minimum absolute atomic E-state index is 0.279. The van der Waals surface area contributed by atoms with Crippen molar-refractivity contribution < 1.29 is 9.21 Å². The van der Waals surface area contributed by atoms with Gasteiger partial charge in [0.2, 0.25) is 0 Å². The largest absolute Gasteiger partial charge is 0.450 e. The molecule has 2 heterocycles. The van der Waals surface area contributed by atoms with E-state index in [0.29, 0.717) is 26.9 Å². The lowest BCUT2D eigenvalue weighted by atomic mass is 10.2. The first-order valence-electron chi connectivity index (χ1n) is 5.85. The van der Waals surface area contributed by atoms with Gasteiger partial charge in [0.05, 0.1) is 5.02 Å². The van der Waals surface area contributed by atoms with Crippen LogP contribution in [0.15, 0.2) is 50.1 Å². The number of aliphatic imine (C=N–C) groups is 1. The number of amides is 1. The highest BCUT2D eigenvalue weighted by Gasteiger charge is 2.23. The number of hydrogen-bond donors (Lipinski definition) is 1. The summed E-state index contributed by atoms with van der Waals surface area (Å²) in [6.45, 7) is 0. The number of nitrogens with zero attached hydrogens (tertiary/aromatic N) is 1. The molecular weight excluding hydrogens is 470 g/mol. The Labute approximate surface area is 147 Å². The van der Waals surface area contributed by atoms with Crippen LogP contribution in [0, 0.1) is 3.57 Å². The summed E-state index contributed by atoms with van der Waals surface area (Å²) in [5.41, 5.74) is 0.975. The summed E-state index contributed by atoms with van der Waals surface area (Å²) < 4.78 is 6.95. The molecule has 1 aromatic carbocycles. The van der Waals surface area contributed by atoms with Gasteiger partial charge in [-0.1, -0.05) is 11.6 Å². The number of furan rings is 1. The Hall–Kier alpha value is -1.12. The Balaban J connectivity index is 1.99. The molecule has 0 unspecified atom stereocenters. The molecule has 0 radical (unpaired) electrons. The third kappa shape index (κ3) is 3.22. The number of hydrogen-bond acceptors (Lipinski definition) is 3. The molecule has 0 fully saturated rings. The van der Waals surface area contributed by atoms with Crippen molar-refractivity contribution in [2.24, 2.45) is 4.99 Å². The summed E-state index contributed by atoms with van der Waals surface area (Å²) in [6, 6.07) is 9.03. The van der Waals surface area contributed by atoms with Crippen molar-refractivity contribution in [1.82, 2.24) is 5.32 Å². The van der Waals surface area contributed by atoms with Crippen molar-refractivity contribution in [3.63, 3.8) is 0 Å². The Bertz CT molecular complexity index is 798. The monoisotopic (exact) mass is 476 g/mol. The zero-order chi connectivity index (χ0) is 15.0. The minimum atomic E-state index is -0.285. The number of carbonyl (C=O) groups is 1. The lowest BCUT2D eigenvalue weighted by Crippen LogP contribution is -2.25. The van der Waals surface area contributed by atoms with Gasteiger partial charge in [-0.15, -0.1) is 0 Å². The highest BCUT2D eigenvalue weighted by Crippen LogP contribution is 2.23. The fourth-order valence-electron chi connectivity index (χ4n) is 1.82. The molecule has 4 nitrogen and oxygen atoms in total. The Kier molecular flexibility index (Phi) is 4.19. The lowest BCUT2D eigenvalue weighted by Gasteiger charge is -2.03. The zero-order valence-electron chi connectivity index (χ0n) is 10.4. The summed E-state index contributed by atoms with van der Waals surface area (Å²) in [6.07, 6.45) is 1.58. The number of carbonyl (C=O) groups excluding carboxylic acids is 1.